The van der Waals surface area contributed by atoms with Crippen molar-refractivity contribution < 1.29 is 0 Å². The third-order valence-electron chi connectivity index (χ3n) is 6.44. The highest BCUT2D eigenvalue weighted by molar-refractivity contribution is 6.77. The molecule has 3 heterocycles. The van der Waals surface area contributed by atoms with Crippen molar-refractivity contribution in [2.45, 2.75) is 13.8 Å². The first kappa shape index (κ1) is 17.7. The standard InChI is InChI=1S/C27H18BN4/c1-15-29-16(2)31-27(30-15)32-22-14-8-6-12-20(22)23-17-9-3-4-10-18(17)25-24(26(23)32)19-11-5-7-13-21(19)28-25/h3-14H,1-2H3. The van der Waals surface area contributed by atoms with Crippen LogP contribution in [0.2, 0.25) is 0 Å². The van der Waals surface area contributed by atoms with Crippen molar-refractivity contribution in [3.8, 4) is 17.1 Å². The van der Waals surface area contributed by atoms with E-state index in [1.54, 1.807) is 0 Å². The van der Waals surface area contributed by atoms with E-state index in [4.69, 9.17) is 9.97 Å². The van der Waals surface area contributed by atoms with E-state index in [1.807, 2.05) is 13.8 Å². The molecule has 0 spiro atoms. The lowest BCUT2D eigenvalue weighted by Gasteiger charge is -2.14. The maximum atomic E-state index is 4.77. The topological polar surface area (TPSA) is 43.6 Å². The van der Waals surface area contributed by atoms with Gasteiger partial charge in [-0.15, -0.1) is 0 Å². The molecule has 2 aromatic heterocycles. The molecule has 0 saturated heterocycles. The average Bonchev–Trinajstić information content (AvgIpc) is 3.35. The summed E-state index contributed by atoms with van der Waals surface area (Å²) in [7, 11) is 2.32. The van der Waals surface area contributed by atoms with Gasteiger partial charge in [0, 0.05) is 16.3 Å². The quantitative estimate of drug-likeness (QED) is 0.378. The maximum Gasteiger partial charge on any atom is 0.238 e. The van der Waals surface area contributed by atoms with Gasteiger partial charge in [0.1, 0.15) is 11.6 Å². The van der Waals surface area contributed by atoms with Crippen LogP contribution >= 0.6 is 0 Å². The van der Waals surface area contributed by atoms with Gasteiger partial charge < -0.3 is 0 Å². The van der Waals surface area contributed by atoms with Crippen molar-refractivity contribution in [3.63, 3.8) is 0 Å². The molecule has 0 amide bonds. The second kappa shape index (κ2) is 6.27. The Morgan fingerprint density at radius 3 is 2.16 bits per heavy atom. The van der Waals surface area contributed by atoms with Crippen molar-refractivity contribution in [3.05, 3.63) is 84.4 Å². The van der Waals surface area contributed by atoms with E-state index in [-0.39, 0.29) is 0 Å². The molecule has 1 aliphatic heterocycles. The van der Waals surface area contributed by atoms with Gasteiger partial charge in [-0.05, 0) is 36.2 Å². The number of aryl methyl sites for hydroxylation is 2. The number of hydrogen-bond acceptors (Lipinski definition) is 3. The van der Waals surface area contributed by atoms with E-state index in [1.165, 1.54) is 43.6 Å². The fourth-order valence-corrected chi connectivity index (χ4v) is 5.28. The Morgan fingerprint density at radius 2 is 1.34 bits per heavy atom. The van der Waals surface area contributed by atoms with Crippen molar-refractivity contribution in [2.24, 2.45) is 0 Å². The minimum absolute atomic E-state index is 0.670. The van der Waals surface area contributed by atoms with E-state index >= 15 is 0 Å². The molecule has 0 fully saturated rings. The summed E-state index contributed by atoms with van der Waals surface area (Å²) < 4.78 is 2.23. The fourth-order valence-electron chi connectivity index (χ4n) is 5.28. The van der Waals surface area contributed by atoms with Crippen LogP contribution in [0.1, 0.15) is 11.6 Å². The highest BCUT2D eigenvalue weighted by Gasteiger charge is 2.29. The Kier molecular flexibility index (Phi) is 3.46. The molecule has 5 heteroatoms. The van der Waals surface area contributed by atoms with Crippen LogP contribution in [0.5, 0.6) is 0 Å². The number of para-hydroxylation sites is 1. The molecular formula is C27H18BN4. The van der Waals surface area contributed by atoms with Gasteiger partial charge in [-0.3, -0.25) is 4.57 Å². The first-order chi connectivity index (χ1) is 15.7. The lowest BCUT2D eigenvalue weighted by Crippen LogP contribution is -2.21. The molecule has 4 aromatic carbocycles. The zero-order valence-electron chi connectivity index (χ0n) is 17.8. The third kappa shape index (κ3) is 2.25. The van der Waals surface area contributed by atoms with Crippen molar-refractivity contribution in [1.29, 1.82) is 0 Å². The molecule has 0 aliphatic carbocycles. The van der Waals surface area contributed by atoms with Crippen LogP contribution in [-0.2, 0) is 0 Å². The van der Waals surface area contributed by atoms with Gasteiger partial charge in [-0.25, -0.2) is 4.98 Å². The lowest BCUT2D eigenvalue weighted by atomic mass is 9.66. The van der Waals surface area contributed by atoms with Crippen LogP contribution in [0.15, 0.2) is 72.8 Å². The van der Waals surface area contributed by atoms with Crippen LogP contribution < -0.4 is 10.9 Å². The zero-order chi connectivity index (χ0) is 21.4. The van der Waals surface area contributed by atoms with Gasteiger partial charge in [0.15, 0.2) is 7.28 Å². The highest BCUT2D eigenvalue weighted by Crippen LogP contribution is 2.41. The summed E-state index contributed by atoms with van der Waals surface area (Å²) in [5.74, 6) is 2.12. The van der Waals surface area contributed by atoms with E-state index in [2.05, 4.69) is 89.6 Å². The number of benzene rings is 4. The van der Waals surface area contributed by atoms with Crippen molar-refractivity contribution in [1.82, 2.24) is 19.5 Å². The molecule has 0 atom stereocenters. The van der Waals surface area contributed by atoms with Crippen molar-refractivity contribution in [2.75, 3.05) is 0 Å². The van der Waals surface area contributed by atoms with E-state index < -0.39 is 0 Å². The largest absolute Gasteiger partial charge is 0.277 e. The minimum atomic E-state index is 0.670. The van der Waals surface area contributed by atoms with Gasteiger partial charge >= 0.3 is 0 Å². The van der Waals surface area contributed by atoms with Gasteiger partial charge in [-0.2, -0.15) is 9.97 Å². The number of fused-ring (bicyclic) bond motifs is 10. The van der Waals surface area contributed by atoms with Gasteiger partial charge in [0.05, 0.1) is 11.0 Å². The average molecular weight is 409 g/mol. The van der Waals surface area contributed by atoms with E-state index in [0.717, 1.165) is 22.7 Å². The number of hydrogen-bond donors (Lipinski definition) is 0. The second-order valence-corrected chi connectivity index (χ2v) is 8.37. The highest BCUT2D eigenvalue weighted by atomic mass is 15.2. The summed E-state index contributed by atoms with van der Waals surface area (Å²) in [5.41, 5.74) is 7.29. The minimum Gasteiger partial charge on any atom is -0.277 e. The molecule has 0 N–H and O–H groups in total. The Hall–Kier alpha value is -3.99. The molecule has 0 saturated carbocycles. The fraction of sp³-hybridized carbons (Fsp3) is 0.0741. The predicted octanol–water partition coefficient (Wildman–Crippen LogP) is 4.37. The second-order valence-electron chi connectivity index (χ2n) is 8.37. The summed E-state index contributed by atoms with van der Waals surface area (Å²) in [6.07, 6.45) is 0. The van der Waals surface area contributed by atoms with Gasteiger partial charge in [0.2, 0.25) is 5.95 Å². The molecule has 1 radical (unpaired) electrons. The smallest absolute Gasteiger partial charge is 0.238 e. The molecule has 149 valence electrons. The molecule has 32 heavy (non-hydrogen) atoms. The molecule has 4 nitrogen and oxygen atoms in total. The maximum absolute atomic E-state index is 4.77. The molecule has 6 aromatic rings. The zero-order valence-corrected chi connectivity index (χ0v) is 17.8. The number of nitrogens with zero attached hydrogens (tertiary/aromatic N) is 4. The van der Waals surface area contributed by atoms with Crippen LogP contribution in [0.3, 0.4) is 0 Å². The van der Waals surface area contributed by atoms with Crippen LogP contribution in [0, 0.1) is 13.8 Å². The number of rotatable bonds is 1. The van der Waals surface area contributed by atoms with E-state index in [0.29, 0.717) is 5.95 Å². The summed E-state index contributed by atoms with van der Waals surface area (Å²) >= 11 is 0. The van der Waals surface area contributed by atoms with Crippen LogP contribution in [0.25, 0.3) is 49.7 Å². The van der Waals surface area contributed by atoms with E-state index in [9.17, 15) is 0 Å². The summed E-state index contributed by atoms with van der Waals surface area (Å²) in [6.45, 7) is 3.85. The molecular weight excluding hydrogens is 391 g/mol. The normalized spacial score (nSPS) is 12.3. The van der Waals surface area contributed by atoms with Crippen LogP contribution in [0.4, 0.5) is 0 Å². The summed E-state index contributed by atoms with van der Waals surface area (Å²) in [5, 5.41) is 4.98. The number of aromatic nitrogens is 4. The third-order valence-corrected chi connectivity index (χ3v) is 6.44. The molecule has 0 bridgehead atoms. The van der Waals surface area contributed by atoms with Crippen LogP contribution in [-0.4, -0.2) is 26.8 Å². The Balaban J connectivity index is 1.80. The van der Waals surface area contributed by atoms with Gasteiger partial charge in [0.25, 0.3) is 0 Å². The predicted molar refractivity (Wildman–Crippen MR) is 132 cm³/mol. The molecule has 0 unspecified atom stereocenters. The van der Waals surface area contributed by atoms with Gasteiger partial charge in [-0.1, -0.05) is 77.7 Å². The first-order valence-corrected chi connectivity index (χ1v) is 10.8. The monoisotopic (exact) mass is 409 g/mol. The molecule has 7 rings (SSSR count). The molecule has 1 aliphatic rings. The SMILES string of the molecule is Cc1nc(C)nc(-n2c3ccccc3c3c4ccccc4c4c(c32)-c2ccccc2[B]4)n1. The Labute approximate surface area is 185 Å². The van der Waals surface area contributed by atoms with Crippen molar-refractivity contribution >= 4 is 50.8 Å². The Morgan fingerprint density at radius 1 is 0.688 bits per heavy atom. The summed E-state index contributed by atoms with van der Waals surface area (Å²) in [4.78, 5) is 14.0. The first-order valence-electron chi connectivity index (χ1n) is 10.8. The lowest BCUT2D eigenvalue weighted by molar-refractivity contribution is 0.864. The Bertz CT molecular complexity index is 1710. The summed E-state index contributed by atoms with van der Waals surface area (Å²) in [6, 6.07) is 25.9.